The zero-order chi connectivity index (χ0) is 20.6. The molecule has 0 bridgehead atoms. The van der Waals surface area contributed by atoms with Crippen molar-refractivity contribution in [1.29, 1.82) is 0 Å². The smallest absolute Gasteiger partial charge is 0.870 e. The molecule has 0 spiro atoms. The quantitative estimate of drug-likeness (QED) is 0.326. The molecule has 1 unspecified atom stereocenters. The van der Waals surface area contributed by atoms with Crippen LogP contribution in [0.4, 0.5) is 0 Å². The Bertz CT molecular complexity index is 886. The summed E-state index contributed by atoms with van der Waals surface area (Å²) in [7, 11) is -3.54. The van der Waals surface area contributed by atoms with E-state index in [1.54, 1.807) is 37.3 Å². The van der Waals surface area contributed by atoms with Gasteiger partial charge < -0.3 is 29.7 Å². The summed E-state index contributed by atoms with van der Waals surface area (Å²) in [4.78, 5) is 11.2. The van der Waals surface area contributed by atoms with E-state index in [9.17, 15) is 18.3 Å². The molecule has 2 aromatic rings. The van der Waals surface area contributed by atoms with Gasteiger partial charge in [0.05, 0.1) is 12.9 Å². The van der Waals surface area contributed by atoms with Crippen LogP contribution >= 0.6 is 0 Å². The molecule has 0 amide bonds. The molecular weight excluding hydrogens is 423 g/mol. The molecule has 0 radical (unpaired) electrons. The van der Waals surface area contributed by atoms with Gasteiger partial charge in [-0.1, -0.05) is 24.3 Å². The topological polar surface area (TPSA) is 161 Å². The van der Waals surface area contributed by atoms with Crippen molar-refractivity contribution in [3.8, 4) is 11.5 Å². The minimum Gasteiger partial charge on any atom is -0.870 e. The number of rotatable bonds is 11. The van der Waals surface area contributed by atoms with E-state index in [0.29, 0.717) is 25.4 Å². The SMILES string of the molecule is CCOC(Cc1cccc(OCCc2ccc(OS(C)(=O)=O)cc2)c1)C(=O)O.O.[Li+].[OH-]. The number of ether oxygens (including phenoxy) is 2. The monoisotopic (exact) mass is 450 g/mol. The maximum atomic E-state index is 11.2. The standard InChI is InChI=1S/C20H24O7S.Li.2H2O/c1-3-25-19(20(21)22)14-16-5-4-6-18(13-16)26-12-11-15-7-9-17(10-8-15)27-28(2,23)24;;;/h4-10,13,19H,3,11-12,14H2,1-2H3,(H,21,22);;2*1H2/q;+1;;/p-1. The van der Waals surface area contributed by atoms with Crippen molar-refractivity contribution in [2.75, 3.05) is 19.5 Å². The van der Waals surface area contributed by atoms with Crippen LogP contribution < -0.4 is 27.8 Å². The predicted octanol–water partition coefficient (Wildman–Crippen LogP) is -1.32. The van der Waals surface area contributed by atoms with Gasteiger partial charge in [-0.2, -0.15) is 8.42 Å². The molecule has 2 rings (SSSR count). The van der Waals surface area contributed by atoms with Gasteiger partial charge in [-0.25, -0.2) is 4.79 Å². The number of hydrogen-bond donors (Lipinski definition) is 1. The molecule has 4 N–H and O–H groups in total. The van der Waals surface area contributed by atoms with Gasteiger partial charge in [0.25, 0.3) is 0 Å². The van der Waals surface area contributed by atoms with Crippen molar-refractivity contribution in [1.82, 2.24) is 0 Å². The fourth-order valence-corrected chi connectivity index (χ4v) is 3.03. The van der Waals surface area contributed by atoms with E-state index in [4.69, 9.17) is 13.7 Å². The predicted molar refractivity (Wildman–Crippen MR) is 110 cm³/mol. The summed E-state index contributed by atoms with van der Waals surface area (Å²) in [5.41, 5.74) is 1.79. The van der Waals surface area contributed by atoms with Gasteiger partial charge in [-0.3, -0.25) is 0 Å². The van der Waals surface area contributed by atoms with Crippen LogP contribution in [0.2, 0.25) is 0 Å². The van der Waals surface area contributed by atoms with Crippen LogP contribution in [-0.2, 0) is 32.5 Å². The Kier molecular flexibility index (Phi) is 14.9. The summed E-state index contributed by atoms with van der Waals surface area (Å²) in [6.07, 6.45) is 1.01. The Hall–Kier alpha value is -2.06. The minimum absolute atomic E-state index is 0. The number of carboxylic acid groups (broad SMARTS) is 1. The van der Waals surface area contributed by atoms with Crippen LogP contribution in [0.15, 0.2) is 48.5 Å². The third-order valence-corrected chi connectivity index (χ3v) is 4.29. The fraction of sp³-hybridized carbons (Fsp3) is 0.350. The van der Waals surface area contributed by atoms with Gasteiger partial charge >= 0.3 is 34.9 Å². The van der Waals surface area contributed by atoms with Crippen LogP contribution in [0.5, 0.6) is 11.5 Å². The summed E-state index contributed by atoms with van der Waals surface area (Å²) in [5.74, 6) is -0.0752. The fourth-order valence-electron chi connectivity index (χ4n) is 2.57. The zero-order valence-electron chi connectivity index (χ0n) is 17.8. The molecule has 0 aliphatic heterocycles. The van der Waals surface area contributed by atoms with Gasteiger partial charge in [0, 0.05) is 19.4 Å². The van der Waals surface area contributed by atoms with Gasteiger partial charge in [0.2, 0.25) is 0 Å². The molecule has 0 aliphatic rings. The van der Waals surface area contributed by atoms with Crippen molar-refractivity contribution in [3.63, 3.8) is 0 Å². The molecule has 9 nitrogen and oxygen atoms in total. The first-order chi connectivity index (χ1) is 13.3. The Morgan fingerprint density at radius 1 is 1.06 bits per heavy atom. The van der Waals surface area contributed by atoms with Gasteiger partial charge in [-0.05, 0) is 42.3 Å². The maximum absolute atomic E-state index is 11.2. The van der Waals surface area contributed by atoms with Crippen molar-refractivity contribution in [2.24, 2.45) is 0 Å². The van der Waals surface area contributed by atoms with E-state index in [-0.39, 0.29) is 42.0 Å². The summed E-state index contributed by atoms with van der Waals surface area (Å²) in [6.45, 7) is 2.51. The van der Waals surface area contributed by atoms with E-state index < -0.39 is 22.2 Å². The number of carbonyl (C=O) groups is 1. The van der Waals surface area contributed by atoms with Crippen LogP contribution in [0.25, 0.3) is 0 Å². The molecule has 31 heavy (non-hydrogen) atoms. The Balaban J connectivity index is 0. The van der Waals surface area contributed by atoms with Gasteiger partial charge in [0.15, 0.2) is 6.10 Å². The summed E-state index contributed by atoms with van der Waals surface area (Å²) >= 11 is 0. The molecular formula is C20H27LiO9S. The third-order valence-electron chi connectivity index (χ3n) is 3.79. The van der Waals surface area contributed by atoms with E-state index in [1.807, 2.05) is 18.2 Å². The van der Waals surface area contributed by atoms with Crippen molar-refractivity contribution >= 4 is 16.1 Å². The van der Waals surface area contributed by atoms with Crippen molar-refractivity contribution < 1.29 is 61.8 Å². The molecule has 0 saturated carbocycles. The van der Waals surface area contributed by atoms with Crippen molar-refractivity contribution in [2.45, 2.75) is 25.9 Å². The third kappa shape index (κ3) is 11.8. The number of aliphatic carboxylic acids is 1. The molecule has 0 aromatic heterocycles. The average Bonchev–Trinajstić information content (AvgIpc) is 2.62. The van der Waals surface area contributed by atoms with E-state index in [0.717, 1.165) is 17.4 Å². The Morgan fingerprint density at radius 2 is 1.71 bits per heavy atom. The first-order valence-corrected chi connectivity index (χ1v) is 10.6. The van der Waals surface area contributed by atoms with Gasteiger partial charge in [-0.15, -0.1) is 0 Å². The Morgan fingerprint density at radius 3 is 2.26 bits per heavy atom. The Labute approximate surface area is 194 Å². The molecule has 0 fully saturated rings. The second kappa shape index (κ2) is 14.9. The van der Waals surface area contributed by atoms with Crippen LogP contribution in [0, 0.1) is 0 Å². The normalized spacial score (nSPS) is 11.2. The van der Waals surface area contributed by atoms with Gasteiger partial charge in [0.1, 0.15) is 11.5 Å². The molecule has 1 atom stereocenters. The van der Waals surface area contributed by atoms with E-state index in [1.165, 1.54) is 0 Å². The minimum atomic E-state index is -3.54. The number of benzene rings is 2. The first kappa shape index (κ1) is 31.1. The zero-order valence-corrected chi connectivity index (χ0v) is 18.6. The molecule has 2 aromatic carbocycles. The number of carboxylic acids is 1. The average molecular weight is 450 g/mol. The summed E-state index contributed by atoms with van der Waals surface area (Å²) < 4.78 is 38.0. The second-order valence-electron chi connectivity index (χ2n) is 6.16. The largest absolute Gasteiger partial charge is 1.00 e. The van der Waals surface area contributed by atoms with Crippen molar-refractivity contribution in [3.05, 3.63) is 59.7 Å². The summed E-state index contributed by atoms with van der Waals surface area (Å²) in [5, 5.41) is 9.19. The molecule has 0 heterocycles. The van der Waals surface area contributed by atoms with E-state index >= 15 is 0 Å². The van der Waals surface area contributed by atoms with Crippen LogP contribution in [0.3, 0.4) is 0 Å². The molecule has 0 saturated heterocycles. The number of hydrogen-bond acceptors (Lipinski definition) is 7. The van der Waals surface area contributed by atoms with Crippen LogP contribution in [0.1, 0.15) is 18.1 Å². The van der Waals surface area contributed by atoms with E-state index in [2.05, 4.69) is 0 Å². The second-order valence-corrected chi connectivity index (χ2v) is 7.74. The molecule has 11 heteroatoms. The maximum Gasteiger partial charge on any atom is 1.00 e. The molecule has 0 aliphatic carbocycles. The summed E-state index contributed by atoms with van der Waals surface area (Å²) in [6, 6.07) is 14.0. The first-order valence-electron chi connectivity index (χ1n) is 8.81. The van der Waals surface area contributed by atoms with Crippen LogP contribution in [-0.4, -0.2) is 56.0 Å². The molecule has 168 valence electrons.